The van der Waals surface area contributed by atoms with E-state index in [4.69, 9.17) is 0 Å². The average Bonchev–Trinajstić information content (AvgIpc) is 2.53. The van der Waals surface area contributed by atoms with E-state index in [2.05, 4.69) is 15.3 Å². The van der Waals surface area contributed by atoms with Crippen molar-refractivity contribution in [2.45, 2.75) is 27.3 Å². The summed E-state index contributed by atoms with van der Waals surface area (Å²) in [6.45, 7) is 6.89. The molecule has 0 fully saturated rings. The van der Waals surface area contributed by atoms with Gasteiger partial charge in [-0.25, -0.2) is 4.68 Å². The van der Waals surface area contributed by atoms with E-state index in [-0.39, 0.29) is 5.56 Å². The van der Waals surface area contributed by atoms with Crippen LogP contribution in [0.4, 0.5) is 0 Å². The zero-order chi connectivity index (χ0) is 12.6. The third kappa shape index (κ3) is 2.20. The second-order valence-corrected chi connectivity index (χ2v) is 4.93. The predicted octanol–water partition coefficient (Wildman–Crippen LogP) is 1.78. The molecule has 1 aromatic carbocycles. The van der Waals surface area contributed by atoms with Crippen molar-refractivity contribution in [1.29, 1.82) is 0 Å². The highest BCUT2D eigenvalue weighted by atomic mass is 31.0. The first-order valence-electron chi connectivity index (χ1n) is 5.69. The van der Waals surface area contributed by atoms with Crippen LogP contribution < -0.4 is 10.9 Å². The summed E-state index contributed by atoms with van der Waals surface area (Å²) in [7, 11) is 2.49. The lowest BCUT2D eigenvalue weighted by atomic mass is 10.1. The van der Waals surface area contributed by atoms with Gasteiger partial charge in [0, 0.05) is 12.7 Å². The molecule has 90 valence electrons. The summed E-state index contributed by atoms with van der Waals surface area (Å²) in [5.74, 6) is 0. The smallest absolute Gasteiger partial charge is 0.278 e. The van der Waals surface area contributed by atoms with Crippen LogP contribution in [0.5, 0.6) is 0 Å². The van der Waals surface area contributed by atoms with Crippen molar-refractivity contribution in [2.24, 2.45) is 0 Å². The van der Waals surface area contributed by atoms with E-state index in [0.717, 1.165) is 12.2 Å². The van der Waals surface area contributed by atoms with Crippen LogP contribution in [-0.4, -0.2) is 9.36 Å². The van der Waals surface area contributed by atoms with E-state index in [0.29, 0.717) is 5.30 Å². The van der Waals surface area contributed by atoms with Crippen LogP contribution in [0.2, 0.25) is 0 Å². The molecule has 17 heavy (non-hydrogen) atoms. The van der Waals surface area contributed by atoms with Gasteiger partial charge < -0.3 is 0 Å². The molecule has 0 saturated heterocycles. The summed E-state index contributed by atoms with van der Waals surface area (Å²) in [4.78, 5) is 12.1. The van der Waals surface area contributed by atoms with Crippen molar-refractivity contribution < 1.29 is 0 Å². The van der Waals surface area contributed by atoms with Gasteiger partial charge in [0.05, 0.1) is 11.0 Å². The van der Waals surface area contributed by atoms with Gasteiger partial charge in [-0.3, -0.25) is 9.48 Å². The van der Waals surface area contributed by atoms with Gasteiger partial charge >= 0.3 is 0 Å². The molecule has 2 rings (SSSR count). The molecular weight excluding hydrogens is 231 g/mol. The Bertz CT molecular complexity index is 590. The molecule has 0 aliphatic rings. The van der Waals surface area contributed by atoms with Crippen molar-refractivity contribution in [3.05, 3.63) is 45.9 Å². The molecule has 3 nitrogen and oxygen atoms in total. The summed E-state index contributed by atoms with van der Waals surface area (Å²) in [5, 5.41) is 0.700. The molecule has 4 heteroatoms. The molecule has 0 saturated carbocycles. The Kier molecular flexibility index (Phi) is 3.21. The van der Waals surface area contributed by atoms with Gasteiger partial charge in [0.25, 0.3) is 5.56 Å². The van der Waals surface area contributed by atoms with Crippen LogP contribution in [0.1, 0.15) is 18.1 Å². The minimum atomic E-state index is 0.0295. The van der Waals surface area contributed by atoms with Crippen molar-refractivity contribution in [1.82, 2.24) is 9.36 Å². The van der Waals surface area contributed by atoms with Gasteiger partial charge in [-0.15, -0.1) is 0 Å². The largest absolute Gasteiger partial charge is 0.285 e. The number of aromatic nitrogens is 2. The first-order chi connectivity index (χ1) is 8.02. The molecule has 1 aromatic heterocycles. The highest BCUT2D eigenvalue weighted by molar-refractivity contribution is 7.27. The van der Waals surface area contributed by atoms with Crippen molar-refractivity contribution in [3.8, 4) is 5.69 Å². The van der Waals surface area contributed by atoms with Crippen molar-refractivity contribution in [2.75, 3.05) is 0 Å². The number of aryl methyl sites for hydroxylation is 3. The summed E-state index contributed by atoms with van der Waals surface area (Å²) in [6.07, 6.45) is 1.87. The lowest BCUT2D eigenvalue weighted by molar-refractivity contribution is 0.573. The first kappa shape index (κ1) is 12.1. The van der Waals surface area contributed by atoms with E-state index in [1.165, 1.54) is 11.1 Å². The number of hydrogen-bond acceptors (Lipinski definition) is 1. The van der Waals surface area contributed by atoms with Gasteiger partial charge in [-0.1, -0.05) is 15.3 Å². The number of rotatable bonds is 2. The van der Waals surface area contributed by atoms with Gasteiger partial charge in [-0.05, 0) is 44.0 Å². The van der Waals surface area contributed by atoms with E-state index in [1.54, 1.807) is 4.68 Å². The van der Waals surface area contributed by atoms with Crippen LogP contribution in [-0.2, 0) is 6.54 Å². The fraction of sp³-hybridized carbons (Fsp3) is 0.308. The Morgan fingerprint density at radius 1 is 1.18 bits per heavy atom. The highest BCUT2D eigenvalue weighted by Gasteiger charge is 2.09. The molecule has 1 atom stereocenters. The van der Waals surface area contributed by atoms with E-state index < -0.39 is 0 Å². The van der Waals surface area contributed by atoms with Gasteiger partial charge in [0.15, 0.2) is 0 Å². The Balaban J connectivity index is 2.71. The summed E-state index contributed by atoms with van der Waals surface area (Å²) >= 11 is 0. The summed E-state index contributed by atoms with van der Waals surface area (Å²) in [5.41, 5.74) is 3.30. The first-order valence-corrected chi connectivity index (χ1v) is 6.27. The van der Waals surface area contributed by atoms with Crippen molar-refractivity contribution >= 4 is 14.5 Å². The van der Waals surface area contributed by atoms with Crippen LogP contribution in [0, 0.1) is 13.8 Å². The predicted molar refractivity (Wildman–Crippen MR) is 74.5 cm³/mol. The molecule has 0 aliphatic heterocycles. The van der Waals surface area contributed by atoms with Crippen LogP contribution >= 0.6 is 9.24 Å². The third-order valence-electron chi connectivity index (χ3n) is 2.76. The van der Waals surface area contributed by atoms with Gasteiger partial charge in [-0.2, -0.15) is 0 Å². The average molecular weight is 248 g/mol. The van der Waals surface area contributed by atoms with Crippen LogP contribution in [0.3, 0.4) is 0 Å². The fourth-order valence-corrected chi connectivity index (χ4v) is 2.38. The fourth-order valence-electron chi connectivity index (χ4n) is 2.08. The topological polar surface area (TPSA) is 26.9 Å². The Hall–Kier alpha value is -1.34. The maximum Gasteiger partial charge on any atom is 0.278 e. The minimum Gasteiger partial charge on any atom is -0.285 e. The Morgan fingerprint density at radius 2 is 1.76 bits per heavy atom. The molecule has 0 radical (unpaired) electrons. The number of nitrogens with zero attached hydrogens (tertiary/aromatic N) is 2. The molecule has 0 amide bonds. The second-order valence-electron chi connectivity index (χ2n) is 4.30. The quantitative estimate of drug-likeness (QED) is 0.744. The van der Waals surface area contributed by atoms with E-state index >= 15 is 0 Å². The van der Waals surface area contributed by atoms with Gasteiger partial charge in [0.1, 0.15) is 0 Å². The monoisotopic (exact) mass is 248 g/mol. The SMILES string of the molecule is CCn1cc(P)c(=O)n1-c1cc(C)cc(C)c1. The lowest BCUT2D eigenvalue weighted by Crippen LogP contribution is -2.25. The van der Waals surface area contributed by atoms with Crippen molar-refractivity contribution in [3.63, 3.8) is 0 Å². The molecular formula is C13H17N2OP. The summed E-state index contributed by atoms with van der Waals surface area (Å²) in [6, 6.07) is 6.17. The zero-order valence-corrected chi connectivity index (χ0v) is 11.6. The number of benzene rings is 1. The molecule has 1 unspecified atom stereocenters. The van der Waals surface area contributed by atoms with Gasteiger partial charge in [0.2, 0.25) is 0 Å². The molecule has 0 aliphatic carbocycles. The molecule has 2 aromatic rings. The zero-order valence-electron chi connectivity index (χ0n) is 10.4. The Morgan fingerprint density at radius 3 is 2.29 bits per heavy atom. The molecule has 0 N–H and O–H groups in total. The van der Waals surface area contributed by atoms with E-state index in [1.807, 2.05) is 43.8 Å². The number of hydrogen-bond donors (Lipinski definition) is 0. The molecule has 0 spiro atoms. The Labute approximate surface area is 103 Å². The maximum absolute atomic E-state index is 12.1. The minimum absolute atomic E-state index is 0.0295. The molecule has 1 heterocycles. The normalized spacial score (nSPS) is 10.8. The maximum atomic E-state index is 12.1. The molecule has 0 bridgehead atoms. The highest BCUT2D eigenvalue weighted by Crippen LogP contribution is 2.12. The van der Waals surface area contributed by atoms with Crippen LogP contribution in [0.15, 0.2) is 29.2 Å². The third-order valence-corrected chi connectivity index (χ3v) is 3.16. The lowest BCUT2D eigenvalue weighted by Gasteiger charge is -2.11. The van der Waals surface area contributed by atoms with E-state index in [9.17, 15) is 4.79 Å². The second kappa shape index (κ2) is 4.50. The standard InChI is InChI=1S/C13H17N2OP/c1-4-14-8-12(17)13(16)15(14)11-6-9(2)5-10(3)7-11/h5-8H,4,17H2,1-3H3. The van der Waals surface area contributed by atoms with Crippen LogP contribution in [0.25, 0.3) is 5.69 Å². The summed E-state index contributed by atoms with van der Waals surface area (Å²) < 4.78 is 3.65.